The van der Waals surface area contributed by atoms with Gasteiger partial charge in [0.2, 0.25) is 0 Å². The zero-order valence-corrected chi connectivity index (χ0v) is 23.0. The Balaban J connectivity index is 1.06. The Bertz CT molecular complexity index is 1330. The summed E-state index contributed by atoms with van der Waals surface area (Å²) in [7, 11) is 0. The summed E-state index contributed by atoms with van der Waals surface area (Å²) < 4.78 is 8.70. The van der Waals surface area contributed by atoms with Gasteiger partial charge >= 0.3 is 225 Å². The van der Waals surface area contributed by atoms with Crippen LogP contribution >= 0.6 is 0 Å². The normalized spacial score (nSPS) is 13.8. The Hall–Kier alpha value is -3.44. The topological polar surface area (TPSA) is 148 Å². The number of aromatic nitrogens is 6. The molecule has 0 atom stereocenters. The number of nitrogens with one attached hydrogen (secondary N) is 2. The molecule has 0 bridgehead atoms. The molecule has 0 saturated carbocycles. The van der Waals surface area contributed by atoms with Crippen molar-refractivity contribution < 1.29 is 14.3 Å². The molecule has 0 spiro atoms. The predicted octanol–water partition coefficient (Wildman–Crippen LogP) is 0.581. The number of carbonyl (C=O) groups is 2. The summed E-state index contributed by atoms with van der Waals surface area (Å²) in [5, 5.41) is 22.3. The van der Waals surface area contributed by atoms with E-state index in [-0.39, 0.29) is 59.8 Å². The molecule has 1 fully saturated rings. The van der Waals surface area contributed by atoms with Crippen molar-refractivity contribution in [2.75, 3.05) is 28.6 Å². The van der Waals surface area contributed by atoms with Crippen LogP contribution in [0.4, 0.5) is 14.1 Å². The number of nitrogens with zero attached hydrogens (tertiary/aromatic N) is 7. The van der Waals surface area contributed by atoms with E-state index >= 15 is 0 Å². The molecule has 0 unspecified atom stereocenters. The number of anilines is 3. The zero-order chi connectivity index (χ0) is 25.5. The first-order chi connectivity index (χ1) is 18.1. The van der Waals surface area contributed by atoms with Crippen molar-refractivity contribution in [1.29, 1.82) is 0 Å². The van der Waals surface area contributed by atoms with Gasteiger partial charge in [-0.15, -0.1) is 0 Å². The van der Waals surface area contributed by atoms with Crippen molar-refractivity contribution in [1.82, 2.24) is 30.4 Å². The summed E-state index contributed by atoms with van der Waals surface area (Å²) in [5.41, 5.74) is 1.42. The van der Waals surface area contributed by atoms with E-state index in [1.54, 1.807) is 12.4 Å². The Morgan fingerprint density at radius 3 is 2.03 bits per heavy atom. The third-order valence-electron chi connectivity index (χ3n) is 5.43. The third-order valence-corrected chi connectivity index (χ3v) is 8.85. The van der Waals surface area contributed by atoms with Crippen LogP contribution < -0.4 is 20.3 Å². The number of ether oxygens (including phenoxy) is 1. The third kappa shape index (κ3) is 7.30. The number of carbonyl (C=O) groups excluding carboxylic acids is 2. The van der Waals surface area contributed by atoms with Gasteiger partial charge in [0, 0.05) is 0 Å². The van der Waals surface area contributed by atoms with E-state index in [1.807, 2.05) is 36.4 Å². The fraction of sp³-hybridized carbons (Fsp3) is 0.304. The second kappa shape index (κ2) is 12.2. The molecule has 4 aromatic rings. The van der Waals surface area contributed by atoms with Crippen LogP contribution in [-0.2, 0) is 22.4 Å². The van der Waals surface area contributed by atoms with Crippen molar-refractivity contribution in [2.24, 2.45) is 0 Å². The van der Waals surface area contributed by atoms with Crippen LogP contribution in [0.2, 0.25) is 0 Å². The molecule has 12 nitrogen and oxygen atoms in total. The van der Waals surface area contributed by atoms with Gasteiger partial charge in [0.05, 0.1) is 0 Å². The van der Waals surface area contributed by atoms with Gasteiger partial charge in [-0.05, 0) is 0 Å². The van der Waals surface area contributed by atoms with E-state index in [4.69, 9.17) is 4.74 Å². The van der Waals surface area contributed by atoms with Crippen LogP contribution in [0.5, 0.6) is 4.75 Å². The van der Waals surface area contributed by atoms with E-state index in [0.717, 1.165) is 30.6 Å². The van der Waals surface area contributed by atoms with Gasteiger partial charge in [-0.3, -0.25) is 0 Å². The number of hydrogen-bond donors (Lipinski definition) is 2. The molecule has 14 heteroatoms. The number of rotatable bonds is 9. The molecule has 0 aromatic carbocycles. The molecular weight excluding hydrogens is 608 g/mol. The molecule has 0 radical (unpaired) electrons. The van der Waals surface area contributed by atoms with Crippen LogP contribution in [0, 0.1) is 0 Å². The molecule has 2 N–H and O–H groups in total. The van der Waals surface area contributed by atoms with Crippen molar-refractivity contribution in [3.8, 4) is 4.75 Å². The minimum absolute atomic E-state index is 0.0311. The predicted molar refractivity (Wildman–Crippen MR) is 137 cm³/mol. The van der Waals surface area contributed by atoms with Crippen LogP contribution in [-0.4, -0.2) is 90.4 Å². The molecule has 0 aliphatic carbocycles. The number of piperidine rings is 1. The summed E-state index contributed by atoms with van der Waals surface area (Å²) in [4.78, 5) is 35.0. The Morgan fingerprint density at radius 1 is 0.838 bits per heavy atom. The van der Waals surface area contributed by atoms with Gasteiger partial charge in [-0.25, -0.2) is 0 Å². The number of hydrogen-bond acceptors (Lipinski definition) is 10. The van der Waals surface area contributed by atoms with Gasteiger partial charge < -0.3 is 0 Å². The Morgan fingerprint density at radius 2 is 1.43 bits per heavy atom. The van der Waals surface area contributed by atoms with Crippen molar-refractivity contribution in [3.05, 3.63) is 60.2 Å². The molecular formula is C23H23N9O3Se2. The quantitative estimate of drug-likeness (QED) is 0.252. The van der Waals surface area contributed by atoms with Crippen LogP contribution in [0.3, 0.4) is 0 Å². The summed E-state index contributed by atoms with van der Waals surface area (Å²) in [5.74, 6) is -0.311. The maximum atomic E-state index is 12.3. The Labute approximate surface area is 224 Å². The molecule has 1 aliphatic rings. The average molecular weight is 631 g/mol. The van der Waals surface area contributed by atoms with E-state index in [9.17, 15) is 9.59 Å². The van der Waals surface area contributed by atoms with E-state index < -0.39 is 0 Å². The molecule has 5 heterocycles. The van der Waals surface area contributed by atoms with Gasteiger partial charge in [0.1, 0.15) is 0 Å². The van der Waals surface area contributed by atoms with E-state index in [2.05, 4.69) is 45.9 Å². The molecule has 4 aromatic heterocycles. The molecule has 1 aliphatic heterocycles. The molecule has 5 rings (SSSR count). The fourth-order valence-electron chi connectivity index (χ4n) is 3.67. The van der Waals surface area contributed by atoms with Crippen molar-refractivity contribution in [2.45, 2.75) is 31.8 Å². The molecule has 37 heavy (non-hydrogen) atoms. The summed E-state index contributed by atoms with van der Waals surface area (Å²) in [6.07, 6.45) is 5.38. The molecule has 190 valence electrons. The van der Waals surface area contributed by atoms with Crippen LogP contribution in [0.25, 0.3) is 0 Å². The van der Waals surface area contributed by atoms with Gasteiger partial charge in [-0.1, -0.05) is 0 Å². The SMILES string of the molecule is O=C(Cc1ccccn1)Nc1nnc(OC2CCN(c3nnc(NC(=O)Cc4ccccn4)[se]3)CC2)[se]1. The van der Waals surface area contributed by atoms with Crippen LogP contribution in [0.1, 0.15) is 24.2 Å². The van der Waals surface area contributed by atoms with E-state index in [1.165, 1.54) is 0 Å². The van der Waals surface area contributed by atoms with Crippen molar-refractivity contribution in [3.63, 3.8) is 0 Å². The average Bonchev–Trinajstić information content (AvgIpc) is 3.55. The molecule has 1 saturated heterocycles. The van der Waals surface area contributed by atoms with Crippen LogP contribution in [0.15, 0.2) is 48.8 Å². The first-order valence-electron chi connectivity index (χ1n) is 11.6. The number of pyridine rings is 2. The van der Waals surface area contributed by atoms with E-state index in [0.29, 0.717) is 25.5 Å². The first-order valence-corrected chi connectivity index (χ1v) is 15.0. The Kier molecular flexibility index (Phi) is 8.31. The summed E-state index contributed by atoms with van der Waals surface area (Å²) in [6, 6.07) is 11.0. The van der Waals surface area contributed by atoms with Crippen molar-refractivity contribution >= 4 is 54.9 Å². The van der Waals surface area contributed by atoms with Gasteiger partial charge in [-0.2, -0.15) is 0 Å². The molecule has 2 amide bonds. The minimum atomic E-state index is -0.272. The second-order valence-electron chi connectivity index (χ2n) is 8.16. The summed E-state index contributed by atoms with van der Waals surface area (Å²) in [6.45, 7) is 1.56. The first kappa shape index (κ1) is 25.2. The van der Waals surface area contributed by atoms with Gasteiger partial charge in [0.15, 0.2) is 0 Å². The standard InChI is InChI=1S/C23H23N9O3Se2/c33-18(13-15-5-1-3-9-24-15)26-20-28-30-22(36-20)32-11-7-17(8-12-32)35-23-31-29-21(37-23)27-19(34)14-16-6-2-4-10-25-16/h1-6,9-10,17H,7-8,11-14H2,(H,26,28,33)(H,27,29,34). The monoisotopic (exact) mass is 633 g/mol. The zero-order valence-electron chi connectivity index (χ0n) is 19.6. The fourth-order valence-corrected chi connectivity index (χ4v) is 6.80. The second-order valence-corrected chi connectivity index (χ2v) is 12.1. The maximum absolute atomic E-state index is 12.3. The number of amides is 2. The summed E-state index contributed by atoms with van der Waals surface area (Å²) >= 11 is -0.423. The van der Waals surface area contributed by atoms with Gasteiger partial charge in [0.25, 0.3) is 0 Å².